The second kappa shape index (κ2) is 13.1. The molecule has 9 nitrogen and oxygen atoms in total. The molecular formula is C28H37F2N5O4. The molecule has 2 saturated heterocycles. The Morgan fingerprint density at radius 1 is 1.15 bits per heavy atom. The van der Waals surface area contributed by atoms with Crippen LogP contribution in [0.2, 0.25) is 0 Å². The highest BCUT2D eigenvalue weighted by atomic mass is 19.1. The molecule has 2 aliphatic heterocycles. The van der Waals surface area contributed by atoms with Crippen LogP contribution >= 0.6 is 0 Å². The van der Waals surface area contributed by atoms with Crippen LogP contribution in [0.5, 0.6) is 0 Å². The zero-order valence-electron chi connectivity index (χ0n) is 22.5. The minimum Gasteiger partial charge on any atom is -0.381 e. The summed E-state index contributed by atoms with van der Waals surface area (Å²) >= 11 is 0. The molecule has 2 aromatic rings. The first-order valence-corrected chi connectivity index (χ1v) is 13.7. The topological polar surface area (TPSA) is 116 Å². The van der Waals surface area contributed by atoms with Crippen LogP contribution in [0.15, 0.2) is 24.4 Å². The first kappa shape index (κ1) is 28.7. The predicted molar refractivity (Wildman–Crippen MR) is 140 cm³/mol. The molecule has 0 saturated carbocycles. The fourth-order valence-corrected chi connectivity index (χ4v) is 5.22. The minimum absolute atomic E-state index is 0.0835. The monoisotopic (exact) mass is 545 g/mol. The lowest BCUT2D eigenvalue weighted by Crippen LogP contribution is -2.51. The molecular weight excluding hydrogens is 508 g/mol. The van der Waals surface area contributed by atoms with Gasteiger partial charge in [0.25, 0.3) is 0 Å². The number of nitrogens with one attached hydrogen (secondary N) is 3. The van der Waals surface area contributed by atoms with Gasteiger partial charge in [0.05, 0.1) is 24.4 Å². The molecule has 1 aromatic heterocycles. The lowest BCUT2D eigenvalue weighted by atomic mass is 9.96. The number of aromatic nitrogens is 2. The van der Waals surface area contributed by atoms with E-state index in [1.165, 1.54) is 12.3 Å². The van der Waals surface area contributed by atoms with Crippen LogP contribution in [-0.2, 0) is 19.1 Å². The van der Waals surface area contributed by atoms with E-state index in [1.807, 2.05) is 6.92 Å². The molecule has 3 amide bonds. The normalized spacial score (nSPS) is 19.8. The molecule has 4 rings (SSSR count). The number of carbonyl (C=O) groups excluding carboxylic acids is 3. The zero-order chi connectivity index (χ0) is 27.9. The quantitative estimate of drug-likeness (QED) is 0.445. The summed E-state index contributed by atoms with van der Waals surface area (Å²) in [6.45, 7) is 5.54. The molecule has 0 radical (unpaired) electrons. The summed E-state index contributed by atoms with van der Waals surface area (Å²) in [7, 11) is 0. The fourth-order valence-electron chi connectivity index (χ4n) is 5.22. The Morgan fingerprint density at radius 3 is 2.64 bits per heavy atom. The Hall–Kier alpha value is -3.34. The molecule has 2 fully saturated rings. The lowest BCUT2D eigenvalue weighted by Gasteiger charge is -2.34. The van der Waals surface area contributed by atoms with Gasteiger partial charge in [-0.05, 0) is 64.0 Å². The summed E-state index contributed by atoms with van der Waals surface area (Å²) in [6, 6.07) is 1.65. The number of amides is 3. The average Bonchev–Trinajstić information content (AvgIpc) is 3.39. The smallest absolute Gasteiger partial charge is 0.243 e. The molecule has 2 aliphatic rings. The van der Waals surface area contributed by atoms with Crippen molar-refractivity contribution in [3.05, 3.63) is 41.9 Å². The molecule has 0 aliphatic carbocycles. The summed E-state index contributed by atoms with van der Waals surface area (Å²) in [6.07, 6.45) is 5.96. The maximum atomic E-state index is 14.2. The van der Waals surface area contributed by atoms with Crippen LogP contribution in [0, 0.1) is 17.6 Å². The summed E-state index contributed by atoms with van der Waals surface area (Å²) in [4.78, 5) is 48.4. The summed E-state index contributed by atoms with van der Waals surface area (Å²) < 4.78 is 32.9. The number of carbonyl (C=O) groups is 3. The predicted octanol–water partition coefficient (Wildman–Crippen LogP) is 3.62. The maximum absolute atomic E-state index is 14.2. The molecule has 3 N–H and O–H groups in total. The number of aromatic amines is 1. The fraction of sp³-hybridized carbons (Fsp3) is 0.571. The highest BCUT2D eigenvalue weighted by molar-refractivity contribution is 5.92. The van der Waals surface area contributed by atoms with Crippen molar-refractivity contribution in [1.29, 1.82) is 0 Å². The van der Waals surface area contributed by atoms with Gasteiger partial charge >= 0.3 is 0 Å². The largest absolute Gasteiger partial charge is 0.381 e. The Balaban J connectivity index is 1.44. The number of piperidine rings is 1. The molecule has 2 unspecified atom stereocenters. The molecule has 39 heavy (non-hydrogen) atoms. The van der Waals surface area contributed by atoms with Crippen LogP contribution in [-0.4, -0.2) is 64.4 Å². The Kier molecular flexibility index (Phi) is 9.66. The number of likely N-dealkylation sites (tertiary alicyclic amines) is 1. The number of hydrogen-bond acceptors (Lipinski definition) is 5. The van der Waals surface area contributed by atoms with Crippen LogP contribution in [0.3, 0.4) is 0 Å². The summed E-state index contributed by atoms with van der Waals surface area (Å²) in [5.41, 5.74) is 0.479. The highest BCUT2D eigenvalue weighted by Gasteiger charge is 2.31. The van der Waals surface area contributed by atoms with E-state index < -0.39 is 29.6 Å². The van der Waals surface area contributed by atoms with Gasteiger partial charge in [-0.1, -0.05) is 0 Å². The molecule has 0 spiro atoms. The van der Waals surface area contributed by atoms with Crippen LogP contribution in [0.25, 0.3) is 11.3 Å². The average molecular weight is 546 g/mol. The van der Waals surface area contributed by atoms with Gasteiger partial charge in [-0.15, -0.1) is 0 Å². The molecule has 0 bridgehead atoms. The SMILES string of the molecule is CC1CCCCN1C(=O)CC(NC(=O)CC1CCOCC1)C(=O)N[C@@H](C)c1ncc(-c2ccc(F)cc2F)[nH]1. The van der Waals surface area contributed by atoms with E-state index in [4.69, 9.17) is 4.74 Å². The van der Waals surface area contributed by atoms with Gasteiger partial charge in [0.1, 0.15) is 23.5 Å². The van der Waals surface area contributed by atoms with E-state index in [1.54, 1.807) is 11.8 Å². The van der Waals surface area contributed by atoms with Crippen molar-refractivity contribution in [2.45, 2.75) is 76.9 Å². The number of ether oxygens (including phenoxy) is 1. The third kappa shape index (κ3) is 7.62. The molecule has 3 heterocycles. The van der Waals surface area contributed by atoms with Crippen molar-refractivity contribution in [3.63, 3.8) is 0 Å². The van der Waals surface area contributed by atoms with E-state index in [0.717, 1.165) is 44.2 Å². The summed E-state index contributed by atoms with van der Waals surface area (Å²) in [5.74, 6) is -1.85. The maximum Gasteiger partial charge on any atom is 0.243 e. The number of rotatable bonds is 9. The van der Waals surface area contributed by atoms with Crippen LogP contribution in [0.1, 0.15) is 70.7 Å². The van der Waals surface area contributed by atoms with Crippen LogP contribution < -0.4 is 10.6 Å². The van der Waals surface area contributed by atoms with E-state index in [-0.39, 0.29) is 42.2 Å². The Morgan fingerprint density at radius 2 is 1.92 bits per heavy atom. The van der Waals surface area contributed by atoms with E-state index >= 15 is 0 Å². The van der Waals surface area contributed by atoms with Crippen molar-refractivity contribution in [2.24, 2.45) is 5.92 Å². The molecule has 3 atom stereocenters. The number of nitrogens with zero attached hydrogens (tertiary/aromatic N) is 2. The number of imidazole rings is 1. The number of H-pyrrole nitrogens is 1. The zero-order valence-corrected chi connectivity index (χ0v) is 22.5. The lowest BCUT2D eigenvalue weighted by molar-refractivity contribution is -0.138. The molecule has 11 heteroatoms. The van der Waals surface area contributed by atoms with Crippen molar-refractivity contribution >= 4 is 17.7 Å². The first-order valence-electron chi connectivity index (χ1n) is 13.7. The summed E-state index contributed by atoms with van der Waals surface area (Å²) in [5, 5.41) is 5.62. The third-order valence-corrected chi connectivity index (χ3v) is 7.55. The van der Waals surface area contributed by atoms with Crippen LogP contribution in [0.4, 0.5) is 8.78 Å². The standard InChI is InChI=1S/C28H37F2N5O4/c1-17-5-3-4-10-35(17)26(37)15-23(33-25(36)13-19-8-11-39-12-9-19)28(38)32-18(2)27-31-16-24(34-27)21-7-6-20(29)14-22(21)30/h6-7,14,16-19,23H,3-5,8-13,15H2,1-2H3,(H,31,34)(H,32,38)(H,33,36)/t17?,18-,23?/m0/s1. The van der Waals surface area contributed by atoms with Gasteiger partial charge in [-0.3, -0.25) is 14.4 Å². The van der Waals surface area contributed by atoms with Gasteiger partial charge in [0.15, 0.2) is 0 Å². The van der Waals surface area contributed by atoms with Gasteiger partial charge < -0.3 is 25.3 Å². The van der Waals surface area contributed by atoms with Gasteiger partial charge in [-0.25, -0.2) is 13.8 Å². The van der Waals surface area contributed by atoms with Crippen molar-refractivity contribution in [3.8, 4) is 11.3 Å². The number of hydrogen-bond donors (Lipinski definition) is 3. The number of halogens is 2. The van der Waals surface area contributed by atoms with Gasteiger partial charge in [-0.2, -0.15) is 0 Å². The van der Waals surface area contributed by atoms with Crippen molar-refractivity contribution in [2.75, 3.05) is 19.8 Å². The van der Waals surface area contributed by atoms with Crippen molar-refractivity contribution < 1.29 is 27.9 Å². The third-order valence-electron chi connectivity index (χ3n) is 7.55. The van der Waals surface area contributed by atoms with Gasteiger partial charge in [0.2, 0.25) is 17.7 Å². The number of benzene rings is 1. The van der Waals surface area contributed by atoms with E-state index in [2.05, 4.69) is 20.6 Å². The minimum atomic E-state index is -1.05. The van der Waals surface area contributed by atoms with Gasteiger partial charge in [0, 0.05) is 43.9 Å². The second-order valence-corrected chi connectivity index (χ2v) is 10.6. The Labute approximate surface area is 227 Å². The van der Waals surface area contributed by atoms with E-state index in [0.29, 0.717) is 31.3 Å². The Bertz CT molecular complexity index is 1170. The second-order valence-electron chi connectivity index (χ2n) is 10.6. The van der Waals surface area contributed by atoms with Crippen molar-refractivity contribution in [1.82, 2.24) is 25.5 Å². The molecule has 212 valence electrons. The van der Waals surface area contributed by atoms with E-state index in [9.17, 15) is 23.2 Å². The first-order chi connectivity index (χ1) is 18.7. The molecule has 1 aromatic carbocycles. The highest BCUT2D eigenvalue weighted by Crippen LogP contribution is 2.24.